The average molecular weight is 370 g/mol. The number of carbonyl (C=O) groups is 3. The zero-order chi connectivity index (χ0) is 19.4. The summed E-state index contributed by atoms with van der Waals surface area (Å²) in [5.41, 5.74) is 1.000. The van der Waals surface area contributed by atoms with Crippen LogP contribution in [0.2, 0.25) is 0 Å². The van der Waals surface area contributed by atoms with Crippen LogP contribution in [0, 0.1) is 5.82 Å². The van der Waals surface area contributed by atoms with E-state index in [9.17, 15) is 18.8 Å². The van der Waals surface area contributed by atoms with Crippen molar-refractivity contribution in [3.05, 3.63) is 65.5 Å². The maximum Gasteiger partial charge on any atom is 0.335 e. The quantitative estimate of drug-likeness (QED) is 0.846. The van der Waals surface area contributed by atoms with E-state index in [-0.39, 0.29) is 29.5 Å². The van der Waals surface area contributed by atoms with Gasteiger partial charge in [0, 0.05) is 6.54 Å². The molecule has 1 aliphatic rings. The number of aromatic carboxylic acids is 1. The number of nitrogens with one attached hydrogen (secondary N) is 1. The number of rotatable bonds is 5. The van der Waals surface area contributed by atoms with Crippen LogP contribution in [0.15, 0.2) is 48.5 Å². The Kier molecular flexibility index (Phi) is 5.49. The number of carboxylic acids is 1. The summed E-state index contributed by atoms with van der Waals surface area (Å²) >= 11 is 0. The lowest BCUT2D eigenvalue weighted by atomic mass is 10.0. The van der Waals surface area contributed by atoms with Crippen LogP contribution in [0.3, 0.4) is 0 Å². The van der Waals surface area contributed by atoms with Gasteiger partial charge in [-0.15, -0.1) is 0 Å². The minimum Gasteiger partial charge on any atom is -0.478 e. The molecule has 27 heavy (non-hydrogen) atoms. The van der Waals surface area contributed by atoms with Crippen LogP contribution < -0.4 is 10.2 Å². The highest BCUT2D eigenvalue weighted by molar-refractivity contribution is 6.00. The monoisotopic (exact) mass is 370 g/mol. The van der Waals surface area contributed by atoms with Crippen molar-refractivity contribution in [2.75, 3.05) is 11.4 Å². The predicted molar refractivity (Wildman–Crippen MR) is 97.0 cm³/mol. The highest BCUT2D eigenvalue weighted by atomic mass is 19.1. The molecule has 140 valence electrons. The molecule has 0 spiro atoms. The van der Waals surface area contributed by atoms with Gasteiger partial charge in [0.2, 0.25) is 11.8 Å². The Morgan fingerprint density at radius 2 is 1.85 bits per heavy atom. The van der Waals surface area contributed by atoms with Gasteiger partial charge in [-0.2, -0.15) is 0 Å². The molecule has 0 radical (unpaired) electrons. The Hall–Kier alpha value is -3.22. The fourth-order valence-electron chi connectivity index (χ4n) is 3.11. The van der Waals surface area contributed by atoms with Crippen molar-refractivity contribution in [1.29, 1.82) is 0 Å². The molecule has 1 unspecified atom stereocenters. The number of carbonyl (C=O) groups excluding carboxylic acids is 2. The van der Waals surface area contributed by atoms with Crippen molar-refractivity contribution < 1.29 is 23.9 Å². The SMILES string of the molecule is O=C(Cc1ccc(C(=O)O)cc1)NC1CCCN(c2ccccc2F)C1=O. The van der Waals surface area contributed by atoms with E-state index in [0.29, 0.717) is 24.9 Å². The van der Waals surface area contributed by atoms with Crippen molar-refractivity contribution >= 4 is 23.5 Å². The third-order valence-corrected chi connectivity index (χ3v) is 4.48. The smallest absolute Gasteiger partial charge is 0.335 e. The van der Waals surface area contributed by atoms with E-state index in [1.165, 1.54) is 23.1 Å². The van der Waals surface area contributed by atoms with Crippen molar-refractivity contribution in [2.45, 2.75) is 25.3 Å². The first-order valence-corrected chi connectivity index (χ1v) is 8.63. The van der Waals surface area contributed by atoms with Gasteiger partial charge in [-0.05, 0) is 42.7 Å². The van der Waals surface area contributed by atoms with Crippen molar-refractivity contribution in [2.24, 2.45) is 0 Å². The van der Waals surface area contributed by atoms with E-state index >= 15 is 0 Å². The molecule has 0 aromatic heterocycles. The molecule has 3 rings (SSSR count). The zero-order valence-corrected chi connectivity index (χ0v) is 14.5. The minimum atomic E-state index is -1.04. The molecule has 1 aliphatic heterocycles. The Labute approximate surface area is 155 Å². The van der Waals surface area contributed by atoms with E-state index in [1.807, 2.05) is 0 Å². The van der Waals surface area contributed by atoms with Gasteiger partial charge in [0.05, 0.1) is 17.7 Å². The Morgan fingerprint density at radius 3 is 2.52 bits per heavy atom. The van der Waals surface area contributed by atoms with Crippen LogP contribution in [0.25, 0.3) is 0 Å². The summed E-state index contributed by atoms with van der Waals surface area (Å²) in [4.78, 5) is 37.2. The standard InChI is InChI=1S/C20H19FN2O4/c21-15-4-1-2-6-17(15)23-11-3-5-16(19(23)25)22-18(24)12-13-7-9-14(10-8-13)20(26)27/h1-2,4,6-10,16H,3,5,11-12H2,(H,22,24)(H,26,27). The first-order valence-electron chi connectivity index (χ1n) is 8.63. The van der Waals surface area contributed by atoms with Crippen molar-refractivity contribution in [3.63, 3.8) is 0 Å². The maximum atomic E-state index is 14.0. The number of nitrogens with zero attached hydrogens (tertiary/aromatic N) is 1. The van der Waals surface area contributed by atoms with Crippen LogP contribution in [-0.2, 0) is 16.0 Å². The Bertz CT molecular complexity index is 867. The lowest BCUT2D eigenvalue weighted by Crippen LogP contribution is -2.53. The number of anilines is 1. The van der Waals surface area contributed by atoms with E-state index in [0.717, 1.165) is 0 Å². The highest BCUT2D eigenvalue weighted by Gasteiger charge is 2.31. The van der Waals surface area contributed by atoms with Gasteiger partial charge < -0.3 is 15.3 Å². The van der Waals surface area contributed by atoms with Gasteiger partial charge in [0.15, 0.2) is 0 Å². The summed E-state index contributed by atoms with van der Waals surface area (Å²) in [7, 11) is 0. The fourth-order valence-corrected chi connectivity index (χ4v) is 3.11. The summed E-state index contributed by atoms with van der Waals surface area (Å²) in [6.45, 7) is 0.406. The van der Waals surface area contributed by atoms with E-state index in [4.69, 9.17) is 5.11 Å². The molecule has 2 aromatic carbocycles. The second-order valence-electron chi connectivity index (χ2n) is 6.38. The lowest BCUT2D eigenvalue weighted by Gasteiger charge is -2.32. The predicted octanol–water partition coefficient (Wildman–Crippen LogP) is 2.38. The highest BCUT2D eigenvalue weighted by Crippen LogP contribution is 2.24. The maximum absolute atomic E-state index is 14.0. The number of benzene rings is 2. The molecule has 1 heterocycles. The summed E-state index contributed by atoms with van der Waals surface area (Å²) in [5, 5.41) is 11.6. The van der Waals surface area contributed by atoms with Gasteiger partial charge in [0.1, 0.15) is 11.9 Å². The summed E-state index contributed by atoms with van der Waals surface area (Å²) < 4.78 is 14.0. The molecule has 2 N–H and O–H groups in total. The van der Waals surface area contributed by atoms with Crippen molar-refractivity contribution in [1.82, 2.24) is 5.32 Å². The number of piperidine rings is 1. The molecule has 1 saturated heterocycles. The molecule has 1 fully saturated rings. The first kappa shape index (κ1) is 18.6. The number of carboxylic acid groups (broad SMARTS) is 1. The minimum absolute atomic E-state index is 0.0311. The Morgan fingerprint density at radius 1 is 1.15 bits per heavy atom. The number of hydrogen-bond acceptors (Lipinski definition) is 3. The third-order valence-electron chi connectivity index (χ3n) is 4.48. The zero-order valence-electron chi connectivity index (χ0n) is 14.5. The molecule has 1 atom stereocenters. The largest absolute Gasteiger partial charge is 0.478 e. The molecule has 0 bridgehead atoms. The topological polar surface area (TPSA) is 86.7 Å². The van der Waals surface area contributed by atoms with Crippen LogP contribution in [-0.4, -0.2) is 35.5 Å². The molecule has 2 amide bonds. The summed E-state index contributed by atoms with van der Waals surface area (Å²) in [6.07, 6.45) is 1.18. The van der Waals surface area contributed by atoms with Crippen LogP contribution >= 0.6 is 0 Å². The number of amides is 2. The molecule has 6 nitrogen and oxygen atoms in total. The van der Waals surface area contributed by atoms with Gasteiger partial charge in [-0.3, -0.25) is 9.59 Å². The van der Waals surface area contributed by atoms with Gasteiger partial charge >= 0.3 is 5.97 Å². The molecule has 0 saturated carbocycles. The number of halogens is 1. The van der Waals surface area contributed by atoms with Crippen LogP contribution in [0.1, 0.15) is 28.8 Å². The van der Waals surface area contributed by atoms with Gasteiger partial charge in [0.25, 0.3) is 0 Å². The van der Waals surface area contributed by atoms with Crippen LogP contribution in [0.4, 0.5) is 10.1 Å². The lowest BCUT2D eigenvalue weighted by molar-refractivity contribution is -0.128. The first-order chi connectivity index (χ1) is 13.0. The second kappa shape index (κ2) is 7.99. The number of hydrogen-bond donors (Lipinski definition) is 2. The fraction of sp³-hybridized carbons (Fsp3) is 0.250. The van der Waals surface area contributed by atoms with Crippen molar-refractivity contribution in [3.8, 4) is 0 Å². The summed E-state index contributed by atoms with van der Waals surface area (Å²) in [5.74, 6) is -2.18. The van der Waals surface area contributed by atoms with Gasteiger partial charge in [-0.25, -0.2) is 9.18 Å². The molecular weight excluding hydrogens is 351 g/mol. The second-order valence-corrected chi connectivity index (χ2v) is 6.38. The van der Waals surface area contributed by atoms with E-state index in [2.05, 4.69) is 5.32 Å². The molecule has 2 aromatic rings. The van der Waals surface area contributed by atoms with Gasteiger partial charge in [-0.1, -0.05) is 24.3 Å². The number of para-hydroxylation sites is 1. The normalized spacial score (nSPS) is 16.9. The average Bonchev–Trinajstić information content (AvgIpc) is 2.64. The van der Waals surface area contributed by atoms with E-state index < -0.39 is 17.8 Å². The third kappa shape index (κ3) is 4.31. The molecule has 0 aliphatic carbocycles. The van der Waals surface area contributed by atoms with Crippen LogP contribution in [0.5, 0.6) is 0 Å². The van der Waals surface area contributed by atoms with E-state index in [1.54, 1.807) is 30.3 Å². The molecular formula is C20H19FN2O4. The Balaban J connectivity index is 1.64. The molecule has 7 heteroatoms. The summed E-state index contributed by atoms with van der Waals surface area (Å²) in [6, 6.07) is 11.3.